The molecule has 1 saturated heterocycles. The fourth-order valence-corrected chi connectivity index (χ4v) is 5.52. The Hall–Kier alpha value is -2.74. The number of hydrogen-bond donors (Lipinski definition) is 1. The first kappa shape index (κ1) is 23.4. The Morgan fingerprint density at radius 1 is 1.03 bits per heavy atom. The van der Waals surface area contributed by atoms with Gasteiger partial charge in [0.2, 0.25) is 0 Å². The van der Waals surface area contributed by atoms with Crippen LogP contribution >= 0.6 is 23.6 Å². The average molecular weight is 480 g/mol. The molecule has 0 saturated carbocycles. The van der Waals surface area contributed by atoms with E-state index in [1.807, 2.05) is 50.2 Å². The van der Waals surface area contributed by atoms with E-state index < -0.39 is 0 Å². The molecule has 172 valence electrons. The van der Waals surface area contributed by atoms with Crippen molar-refractivity contribution in [1.29, 1.82) is 0 Å². The van der Waals surface area contributed by atoms with Crippen LogP contribution in [0.25, 0.3) is 11.1 Å². The molecule has 3 aromatic rings. The molecule has 2 heterocycles. The van der Waals surface area contributed by atoms with Crippen LogP contribution < -0.4 is 5.32 Å². The monoisotopic (exact) mass is 479 g/mol. The molecule has 0 amide bonds. The van der Waals surface area contributed by atoms with Crippen molar-refractivity contribution in [2.24, 2.45) is 0 Å². The normalized spacial score (nSPS) is 14.2. The van der Waals surface area contributed by atoms with Crippen molar-refractivity contribution < 1.29 is 9.53 Å². The molecule has 1 aliphatic heterocycles. The lowest BCUT2D eigenvalue weighted by Crippen LogP contribution is -2.49. The summed E-state index contributed by atoms with van der Waals surface area (Å²) in [6, 6.07) is 20.5. The summed E-state index contributed by atoms with van der Waals surface area (Å²) >= 11 is 7.30. The Bertz CT molecular complexity index is 1090. The average Bonchev–Trinajstić information content (AvgIpc) is 3.16. The number of nitrogens with zero attached hydrogens (tertiary/aromatic N) is 2. The van der Waals surface area contributed by atoms with E-state index in [4.69, 9.17) is 17.0 Å². The second kappa shape index (κ2) is 10.9. The van der Waals surface area contributed by atoms with Gasteiger partial charge in [0.1, 0.15) is 10.6 Å². The van der Waals surface area contributed by atoms with Gasteiger partial charge in [-0.05, 0) is 37.2 Å². The van der Waals surface area contributed by atoms with Crippen molar-refractivity contribution in [3.05, 3.63) is 76.7 Å². The molecule has 1 fully saturated rings. The summed E-state index contributed by atoms with van der Waals surface area (Å²) < 4.78 is 5.41. The third kappa shape index (κ3) is 5.61. The van der Waals surface area contributed by atoms with Crippen LogP contribution in [0.2, 0.25) is 0 Å². The lowest BCUT2D eigenvalue weighted by atomic mass is 10.0. The molecule has 4 rings (SSSR count). The number of aryl methyl sites for hydroxylation is 1. The van der Waals surface area contributed by atoms with Crippen LogP contribution in [0.1, 0.15) is 27.7 Å². The van der Waals surface area contributed by atoms with Crippen LogP contribution in [0, 0.1) is 6.92 Å². The van der Waals surface area contributed by atoms with Crippen LogP contribution in [0.5, 0.6) is 0 Å². The molecular weight excluding hydrogens is 450 g/mol. The molecule has 1 aromatic heterocycles. The number of anilines is 1. The minimum atomic E-state index is -0.321. The second-order valence-electron chi connectivity index (χ2n) is 8.00. The molecule has 0 spiro atoms. The van der Waals surface area contributed by atoms with E-state index in [2.05, 4.69) is 39.4 Å². The summed E-state index contributed by atoms with van der Waals surface area (Å²) in [6.07, 6.45) is 0. The van der Waals surface area contributed by atoms with Crippen molar-refractivity contribution in [3.8, 4) is 11.1 Å². The number of ether oxygens (including phenoxy) is 1. The van der Waals surface area contributed by atoms with Crippen LogP contribution in [-0.4, -0.2) is 53.7 Å². The summed E-state index contributed by atoms with van der Waals surface area (Å²) in [5, 5.41) is 4.78. The number of benzene rings is 2. The molecule has 1 aliphatic rings. The van der Waals surface area contributed by atoms with Crippen LogP contribution in [0.3, 0.4) is 0 Å². The third-order valence-electron chi connectivity index (χ3n) is 5.76. The summed E-state index contributed by atoms with van der Waals surface area (Å²) in [7, 11) is 0. The Labute approximate surface area is 205 Å². The minimum Gasteiger partial charge on any atom is -0.462 e. The Balaban J connectivity index is 1.47. The predicted octanol–water partition coefficient (Wildman–Crippen LogP) is 5.41. The molecule has 7 heteroatoms. The number of nitrogens with one attached hydrogen (secondary N) is 1. The van der Waals surface area contributed by atoms with Crippen molar-refractivity contribution >= 4 is 39.6 Å². The van der Waals surface area contributed by atoms with Crippen LogP contribution in [-0.2, 0) is 11.3 Å². The van der Waals surface area contributed by atoms with Crippen molar-refractivity contribution in [2.75, 3.05) is 38.1 Å². The van der Waals surface area contributed by atoms with Gasteiger partial charge in [0, 0.05) is 43.2 Å². The highest BCUT2D eigenvalue weighted by molar-refractivity contribution is 7.80. The van der Waals surface area contributed by atoms with Gasteiger partial charge < -0.3 is 15.0 Å². The van der Waals surface area contributed by atoms with E-state index in [0.29, 0.717) is 17.3 Å². The van der Waals surface area contributed by atoms with Gasteiger partial charge in [-0.15, -0.1) is 11.3 Å². The fourth-order valence-electron chi connectivity index (χ4n) is 4.11. The summed E-state index contributed by atoms with van der Waals surface area (Å²) in [4.78, 5) is 18.6. The summed E-state index contributed by atoms with van der Waals surface area (Å²) in [5.74, 6) is -0.321. The molecule has 0 atom stereocenters. The lowest BCUT2D eigenvalue weighted by Gasteiger charge is -2.36. The number of carbonyl (C=O) groups excluding carboxylic acids is 1. The standard InChI is InChI=1S/C26H29N3O2S2/c1-3-31-25(30)23-22(21-12-8-5-9-13-21)19(2)33-24(23)27-26(32)29-16-14-28(15-17-29)18-20-10-6-4-7-11-20/h4-13H,3,14-18H2,1-2H3,(H,27,32). The summed E-state index contributed by atoms with van der Waals surface area (Å²) in [6.45, 7) is 8.73. The molecule has 33 heavy (non-hydrogen) atoms. The molecule has 2 aromatic carbocycles. The van der Waals surface area contributed by atoms with Gasteiger partial charge >= 0.3 is 5.97 Å². The van der Waals surface area contributed by atoms with E-state index in [1.165, 1.54) is 5.56 Å². The predicted molar refractivity (Wildman–Crippen MR) is 140 cm³/mol. The number of esters is 1. The van der Waals surface area contributed by atoms with Gasteiger partial charge in [0.05, 0.1) is 6.61 Å². The fraction of sp³-hybridized carbons (Fsp3) is 0.308. The molecule has 0 unspecified atom stereocenters. The first-order valence-electron chi connectivity index (χ1n) is 11.2. The highest BCUT2D eigenvalue weighted by Gasteiger charge is 2.26. The van der Waals surface area contributed by atoms with E-state index in [1.54, 1.807) is 11.3 Å². The molecule has 1 N–H and O–H groups in total. The van der Waals surface area contributed by atoms with Gasteiger partial charge in [-0.1, -0.05) is 60.7 Å². The summed E-state index contributed by atoms with van der Waals surface area (Å²) in [5.41, 5.74) is 3.81. The number of thiocarbonyl (C=S) groups is 1. The lowest BCUT2D eigenvalue weighted by molar-refractivity contribution is 0.0529. The van der Waals surface area contributed by atoms with Gasteiger partial charge in [-0.2, -0.15) is 0 Å². The van der Waals surface area contributed by atoms with Crippen molar-refractivity contribution in [3.63, 3.8) is 0 Å². The van der Waals surface area contributed by atoms with E-state index >= 15 is 0 Å². The SMILES string of the molecule is CCOC(=O)c1c(NC(=S)N2CCN(Cc3ccccc3)CC2)sc(C)c1-c1ccccc1. The van der Waals surface area contributed by atoms with Crippen LogP contribution in [0.15, 0.2) is 60.7 Å². The molecule has 0 bridgehead atoms. The van der Waals surface area contributed by atoms with E-state index in [-0.39, 0.29) is 5.97 Å². The first-order valence-corrected chi connectivity index (χ1v) is 12.5. The number of hydrogen-bond acceptors (Lipinski definition) is 5. The maximum atomic E-state index is 12.9. The quantitative estimate of drug-likeness (QED) is 0.377. The Morgan fingerprint density at radius 3 is 2.30 bits per heavy atom. The zero-order valence-corrected chi connectivity index (χ0v) is 20.7. The Morgan fingerprint density at radius 2 is 1.67 bits per heavy atom. The second-order valence-corrected chi connectivity index (χ2v) is 9.61. The smallest absolute Gasteiger partial charge is 0.341 e. The topological polar surface area (TPSA) is 44.8 Å². The van der Waals surface area contributed by atoms with Gasteiger partial charge in [0.15, 0.2) is 5.11 Å². The molecule has 0 aliphatic carbocycles. The molecule has 0 radical (unpaired) electrons. The maximum Gasteiger partial charge on any atom is 0.341 e. The molecule has 5 nitrogen and oxygen atoms in total. The molecular formula is C26H29N3O2S2. The van der Waals surface area contributed by atoms with Crippen molar-refractivity contribution in [2.45, 2.75) is 20.4 Å². The van der Waals surface area contributed by atoms with Gasteiger partial charge in [-0.25, -0.2) is 4.79 Å². The third-order valence-corrected chi connectivity index (χ3v) is 7.14. The van der Waals surface area contributed by atoms with Gasteiger partial charge in [-0.3, -0.25) is 4.90 Å². The highest BCUT2D eigenvalue weighted by atomic mass is 32.1. The van der Waals surface area contributed by atoms with E-state index in [0.717, 1.165) is 53.7 Å². The first-order chi connectivity index (χ1) is 16.1. The number of piperazine rings is 1. The van der Waals surface area contributed by atoms with Gasteiger partial charge in [0.25, 0.3) is 0 Å². The number of rotatable bonds is 6. The van der Waals surface area contributed by atoms with Crippen molar-refractivity contribution in [1.82, 2.24) is 9.80 Å². The zero-order chi connectivity index (χ0) is 23.2. The largest absolute Gasteiger partial charge is 0.462 e. The number of carbonyl (C=O) groups is 1. The number of thiophene rings is 1. The maximum absolute atomic E-state index is 12.9. The highest BCUT2D eigenvalue weighted by Crippen LogP contribution is 2.40. The van der Waals surface area contributed by atoms with E-state index in [9.17, 15) is 4.79 Å². The zero-order valence-electron chi connectivity index (χ0n) is 19.0. The Kier molecular flexibility index (Phi) is 7.75. The van der Waals surface area contributed by atoms with Crippen LogP contribution in [0.4, 0.5) is 5.00 Å². The minimum absolute atomic E-state index is 0.321.